The first-order valence-corrected chi connectivity index (χ1v) is 9.23. The van der Waals surface area contributed by atoms with E-state index in [4.69, 9.17) is 10.00 Å². The van der Waals surface area contributed by atoms with Gasteiger partial charge in [-0.3, -0.25) is 4.79 Å². The second kappa shape index (κ2) is 9.14. The number of nitrogens with zero attached hydrogens (tertiary/aromatic N) is 4. The number of aromatic nitrogens is 3. The summed E-state index contributed by atoms with van der Waals surface area (Å²) in [6, 6.07) is 12.3. The number of hydrogen-bond donors (Lipinski definition) is 1. The molecule has 0 radical (unpaired) electrons. The smallest absolute Gasteiger partial charge is 0.251 e. The van der Waals surface area contributed by atoms with E-state index in [-0.39, 0.29) is 24.4 Å². The lowest BCUT2D eigenvalue weighted by Gasteiger charge is -2.20. The summed E-state index contributed by atoms with van der Waals surface area (Å²) in [5, 5.41) is 12.1. The van der Waals surface area contributed by atoms with Gasteiger partial charge in [-0.15, -0.1) is 0 Å². The Kier molecular flexibility index (Phi) is 6.38. The number of ether oxygens (including phenoxy) is 1. The van der Waals surface area contributed by atoms with Gasteiger partial charge in [0.25, 0.3) is 5.91 Å². The van der Waals surface area contributed by atoms with E-state index in [1.54, 1.807) is 43.0 Å². The van der Waals surface area contributed by atoms with E-state index in [9.17, 15) is 4.79 Å². The van der Waals surface area contributed by atoms with E-state index in [2.05, 4.69) is 37.9 Å². The number of nitrogens with one attached hydrogen (secondary N) is 1. The van der Waals surface area contributed by atoms with Crippen molar-refractivity contribution in [2.45, 2.75) is 12.6 Å². The van der Waals surface area contributed by atoms with Crippen LogP contribution in [-0.4, -0.2) is 33.1 Å². The molecule has 3 aromatic rings. The van der Waals surface area contributed by atoms with Gasteiger partial charge >= 0.3 is 0 Å². The van der Waals surface area contributed by atoms with Gasteiger partial charge in [-0.2, -0.15) is 5.26 Å². The molecule has 0 spiro atoms. The Morgan fingerprint density at radius 3 is 2.81 bits per heavy atom. The molecule has 1 aromatic carbocycles. The average molecular weight is 473 g/mol. The van der Waals surface area contributed by atoms with Crippen molar-refractivity contribution in [3.8, 4) is 11.9 Å². The Labute approximate surface area is 170 Å². The van der Waals surface area contributed by atoms with Gasteiger partial charge in [0.15, 0.2) is 0 Å². The number of carbonyl (C=O) groups is 1. The Balaban J connectivity index is 1.71. The number of hydrogen-bond acceptors (Lipinski definition) is 5. The number of nitriles is 1. The van der Waals surface area contributed by atoms with Crippen LogP contribution in [0.25, 0.3) is 0 Å². The van der Waals surface area contributed by atoms with Crippen LogP contribution >= 0.6 is 22.6 Å². The third kappa shape index (κ3) is 5.27. The van der Waals surface area contributed by atoms with Crippen LogP contribution in [0.3, 0.4) is 0 Å². The number of pyridine rings is 1. The fraction of sp³-hybridized carbons (Fsp3) is 0.158. The zero-order chi connectivity index (χ0) is 19.1. The maximum atomic E-state index is 12.6. The van der Waals surface area contributed by atoms with Gasteiger partial charge < -0.3 is 14.6 Å². The molecular formula is C19H16IN5O2. The molecule has 1 N–H and O–H groups in total. The molecule has 1 amide bonds. The molecule has 0 bridgehead atoms. The first kappa shape index (κ1) is 18.8. The van der Waals surface area contributed by atoms with Crippen molar-refractivity contribution in [2.75, 3.05) is 6.61 Å². The van der Waals surface area contributed by atoms with Gasteiger partial charge in [-0.05, 0) is 59.0 Å². The minimum atomic E-state index is -0.334. The lowest BCUT2D eigenvalue weighted by atomic mass is 10.2. The van der Waals surface area contributed by atoms with E-state index in [0.717, 1.165) is 3.57 Å². The van der Waals surface area contributed by atoms with Crippen molar-refractivity contribution in [3.05, 3.63) is 76.0 Å². The topological polar surface area (TPSA) is 92.8 Å². The molecular weight excluding hydrogens is 457 g/mol. The highest BCUT2D eigenvalue weighted by atomic mass is 127. The van der Waals surface area contributed by atoms with Crippen LogP contribution in [0.15, 0.2) is 61.3 Å². The second-order valence-corrected chi connectivity index (χ2v) is 6.96. The zero-order valence-electron chi connectivity index (χ0n) is 14.2. The summed E-state index contributed by atoms with van der Waals surface area (Å²) in [6.07, 6.45) is 6.72. The van der Waals surface area contributed by atoms with Crippen LogP contribution in [0, 0.1) is 14.9 Å². The molecule has 136 valence electrons. The largest absolute Gasteiger partial charge is 0.474 e. The number of rotatable bonds is 7. The number of imidazole rings is 1. The first-order valence-electron chi connectivity index (χ1n) is 8.16. The van der Waals surface area contributed by atoms with Crippen molar-refractivity contribution >= 4 is 28.5 Å². The molecule has 2 heterocycles. The van der Waals surface area contributed by atoms with Gasteiger partial charge in [0.05, 0.1) is 12.4 Å². The van der Waals surface area contributed by atoms with Crippen molar-refractivity contribution in [1.82, 2.24) is 19.9 Å². The van der Waals surface area contributed by atoms with Gasteiger partial charge in [0.1, 0.15) is 18.2 Å². The van der Waals surface area contributed by atoms with E-state index < -0.39 is 0 Å². The summed E-state index contributed by atoms with van der Waals surface area (Å²) >= 11 is 2.19. The molecule has 7 nitrogen and oxygen atoms in total. The molecule has 3 rings (SSSR count). The average Bonchev–Trinajstić information content (AvgIpc) is 3.20. The summed E-state index contributed by atoms with van der Waals surface area (Å²) in [7, 11) is 0. The Hall–Kier alpha value is -2.93. The minimum absolute atomic E-state index is 0.167. The van der Waals surface area contributed by atoms with Gasteiger partial charge in [-0.1, -0.05) is 0 Å². The quantitative estimate of drug-likeness (QED) is 0.533. The molecule has 0 saturated carbocycles. The SMILES string of the molecule is N#Cc1cccnc1OCC(Cn1ccnc1)NC(=O)c1ccc(I)cc1. The lowest BCUT2D eigenvalue weighted by molar-refractivity contribution is 0.0914. The highest BCUT2D eigenvalue weighted by molar-refractivity contribution is 14.1. The van der Waals surface area contributed by atoms with Gasteiger partial charge in [0, 0.05) is 34.3 Å². The molecule has 0 aliphatic carbocycles. The molecule has 8 heteroatoms. The van der Waals surface area contributed by atoms with Crippen LogP contribution in [-0.2, 0) is 6.54 Å². The fourth-order valence-corrected chi connectivity index (χ4v) is 2.79. The highest BCUT2D eigenvalue weighted by Gasteiger charge is 2.16. The molecule has 0 saturated heterocycles. The third-order valence-corrected chi connectivity index (χ3v) is 4.46. The fourth-order valence-electron chi connectivity index (χ4n) is 2.43. The maximum absolute atomic E-state index is 12.6. The van der Waals surface area contributed by atoms with E-state index in [0.29, 0.717) is 17.7 Å². The van der Waals surface area contributed by atoms with Crippen molar-refractivity contribution in [1.29, 1.82) is 5.26 Å². The lowest BCUT2D eigenvalue weighted by Crippen LogP contribution is -2.42. The van der Waals surface area contributed by atoms with Crippen molar-refractivity contribution in [2.24, 2.45) is 0 Å². The Morgan fingerprint density at radius 2 is 2.11 bits per heavy atom. The number of carbonyl (C=O) groups excluding carboxylic acids is 1. The predicted molar refractivity (Wildman–Crippen MR) is 107 cm³/mol. The Morgan fingerprint density at radius 1 is 1.30 bits per heavy atom. The van der Waals surface area contributed by atoms with Gasteiger partial charge in [-0.25, -0.2) is 9.97 Å². The summed E-state index contributed by atoms with van der Waals surface area (Å²) in [4.78, 5) is 20.7. The summed E-state index contributed by atoms with van der Waals surface area (Å²) in [5.41, 5.74) is 0.921. The number of halogens is 1. The van der Waals surface area contributed by atoms with Crippen molar-refractivity contribution in [3.63, 3.8) is 0 Å². The zero-order valence-corrected chi connectivity index (χ0v) is 16.4. The van der Waals surface area contributed by atoms with E-state index in [1.807, 2.05) is 29.0 Å². The normalized spacial score (nSPS) is 11.4. The summed E-state index contributed by atoms with van der Waals surface area (Å²) in [6.45, 7) is 0.644. The molecule has 0 fully saturated rings. The monoisotopic (exact) mass is 473 g/mol. The first-order chi connectivity index (χ1) is 13.2. The summed E-state index contributed by atoms with van der Waals surface area (Å²) < 4.78 is 8.62. The molecule has 0 aliphatic rings. The van der Waals surface area contributed by atoms with Crippen LogP contribution in [0.4, 0.5) is 0 Å². The molecule has 0 aliphatic heterocycles. The maximum Gasteiger partial charge on any atom is 0.251 e. The second-order valence-electron chi connectivity index (χ2n) is 5.72. The van der Waals surface area contributed by atoms with Crippen LogP contribution in [0.5, 0.6) is 5.88 Å². The standard InChI is InChI=1S/C19H16IN5O2/c20-16-5-3-14(4-6-16)18(26)24-17(11-25-9-8-22-13-25)12-27-19-15(10-21)2-1-7-23-19/h1-9,13,17H,11-12H2,(H,24,26). The molecule has 1 unspecified atom stereocenters. The highest BCUT2D eigenvalue weighted by Crippen LogP contribution is 2.13. The number of benzene rings is 1. The van der Waals surface area contributed by atoms with Crippen LogP contribution in [0.2, 0.25) is 0 Å². The Bertz CT molecular complexity index is 935. The van der Waals surface area contributed by atoms with Gasteiger partial charge in [0.2, 0.25) is 5.88 Å². The number of amides is 1. The van der Waals surface area contributed by atoms with Crippen LogP contribution < -0.4 is 10.1 Å². The summed E-state index contributed by atoms with van der Waals surface area (Å²) in [5.74, 6) is 0.0563. The molecule has 27 heavy (non-hydrogen) atoms. The van der Waals surface area contributed by atoms with E-state index >= 15 is 0 Å². The predicted octanol–water partition coefficient (Wildman–Crippen LogP) is 2.63. The van der Waals surface area contributed by atoms with E-state index in [1.165, 1.54) is 0 Å². The van der Waals surface area contributed by atoms with Crippen LogP contribution in [0.1, 0.15) is 15.9 Å². The molecule has 2 aromatic heterocycles. The third-order valence-electron chi connectivity index (χ3n) is 3.74. The van der Waals surface area contributed by atoms with Crippen molar-refractivity contribution < 1.29 is 9.53 Å². The minimum Gasteiger partial charge on any atom is -0.474 e. The molecule has 1 atom stereocenters.